The Morgan fingerprint density at radius 1 is 1.30 bits per heavy atom. The Hall–Kier alpha value is 0.350. The van der Waals surface area contributed by atoms with E-state index < -0.39 is 4.74 Å². The molecule has 0 saturated heterocycles. The van der Waals surface area contributed by atoms with Crippen LogP contribution in [0, 0.1) is 0 Å². The van der Waals surface area contributed by atoms with E-state index in [1.807, 2.05) is 18.2 Å². The van der Waals surface area contributed by atoms with E-state index in [9.17, 15) is 0 Å². The molecule has 1 aromatic rings. The Kier molecular flexibility index (Phi) is 2.67. The zero-order valence-corrected chi connectivity index (χ0v) is 8.92. The Morgan fingerprint density at radius 2 is 1.80 bits per heavy atom. The summed E-state index contributed by atoms with van der Waals surface area (Å²) in [5.41, 5.74) is 0. The molecule has 0 spiro atoms. The second-order valence-electron chi connectivity index (χ2n) is 2.16. The molecule has 0 aliphatic rings. The van der Waals surface area contributed by atoms with Crippen LogP contribution in [0.2, 0.25) is 0 Å². The van der Waals surface area contributed by atoms with Crippen LogP contribution in [0.4, 0.5) is 0 Å². The third-order valence-electron chi connectivity index (χ3n) is 1.22. The highest BCUT2D eigenvalue weighted by atomic mass is 79.9. The molecule has 0 N–H and O–H groups in total. The fourth-order valence-corrected chi connectivity index (χ4v) is 2.47. The van der Waals surface area contributed by atoms with Crippen LogP contribution >= 0.6 is 20.2 Å². The molecule has 0 nitrogen and oxygen atoms in total. The predicted molar refractivity (Wildman–Crippen MR) is 55.2 cm³/mol. The topological polar surface area (TPSA) is 0 Å². The first kappa shape index (κ1) is 8.45. The van der Waals surface area contributed by atoms with Gasteiger partial charge in [-0.15, -0.1) is 0 Å². The molecular formula is C7H8BrPS. The average molecular weight is 235 g/mol. The van der Waals surface area contributed by atoms with Crippen LogP contribution in [0.1, 0.15) is 0 Å². The SMILES string of the molecule is CP(=S)(Br)c1ccccc1. The van der Waals surface area contributed by atoms with E-state index in [0.29, 0.717) is 0 Å². The maximum absolute atomic E-state index is 5.28. The predicted octanol–water partition coefficient (Wildman–Crippen LogP) is 2.73. The fourth-order valence-electron chi connectivity index (χ4n) is 0.694. The van der Waals surface area contributed by atoms with Gasteiger partial charge in [0, 0.05) is 4.74 Å². The largest absolute Gasteiger partial charge is 0.0807 e. The Labute approximate surface area is 74.4 Å². The van der Waals surface area contributed by atoms with Crippen LogP contribution in [0.5, 0.6) is 0 Å². The maximum Gasteiger partial charge on any atom is 0.0412 e. The highest BCUT2D eigenvalue weighted by Gasteiger charge is 2.05. The minimum Gasteiger partial charge on any atom is -0.0807 e. The number of rotatable bonds is 1. The van der Waals surface area contributed by atoms with Gasteiger partial charge in [0.15, 0.2) is 0 Å². The van der Waals surface area contributed by atoms with Gasteiger partial charge in [-0.3, -0.25) is 0 Å². The second-order valence-corrected chi connectivity index (χ2v) is 12.2. The van der Waals surface area contributed by atoms with Gasteiger partial charge in [-0.2, -0.15) is 0 Å². The van der Waals surface area contributed by atoms with E-state index in [0.717, 1.165) is 0 Å². The summed E-state index contributed by atoms with van der Waals surface area (Å²) in [6.07, 6.45) is 0. The van der Waals surface area contributed by atoms with Crippen molar-refractivity contribution in [1.29, 1.82) is 0 Å². The Bertz CT molecular complexity index is 252. The monoisotopic (exact) mass is 234 g/mol. The van der Waals surface area contributed by atoms with Crippen molar-refractivity contribution in [2.24, 2.45) is 0 Å². The third-order valence-corrected chi connectivity index (χ3v) is 4.30. The van der Waals surface area contributed by atoms with Crippen LogP contribution in [0.15, 0.2) is 30.3 Å². The van der Waals surface area contributed by atoms with Gasteiger partial charge < -0.3 is 0 Å². The summed E-state index contributed by atoms with van der Waals surface area (Å²) in [4.78, 5) is 0. The standard InChI is InChI=1S/C7H8BrPS/c1-9(8,10)7-5-3-2-4-6-7/h2-6H,1H3. The zero-order chi connectivity index (χ0) is 7.61. The summed E-state index contributed by atoms with van der Waals surface area (Å²) >= 11 is 8.79. The van der Waals surface area contributed by atoms with Crippen LogP contribution in [0.3, 0.4) is 0 Å². The van der Waals surface area contributed by atoms with Crippen LogP contribution in [-0.4, -0.2) is 6.66 Å². The molecule has 10 heavy (non-hydrogen) atoms. The van der Waals surface area contributed by atoms with Crippen molar-refractivity contribution in [2.45, 2.75) is 0 Å². The molecule has 54 valence electrons. The first-order valence-electron chi connectivity index (χ1n) is 2.93. The molecule has 0 aromatic heterocycles. The van der Waals surface area contributed by atoms with Gasteiger partial charge in [0.05, 0.1) is 0 Å². The fraction of sp³-hybridized carbons (Fsp3) is 0.143. The first-order valence-corrected chi connectivity index (χ1v) is 8.20. The Balaban J connectivity index is 3.09. The van der Waals surface area contributed by atoms with Gasteiger partial charge in [0.2, 0.25) is 0 Å². The average Bonchev–Trinajstić information content (AvgIpc) is 1.88. The maximum atomic E-state index is 5.28. The van der Waals surface area contributed by atoms with E-state index in [-0.39, 0.29) is 0 Å². The molecule has 1 aromatic carbocycles. The lowest BCUT2D eigenvalue weighted by atomic mass is 10.4. The molecule has 1 rings (SSSR count). The zero-order valence-electron chi connectivity index (χ0n) is 5.62. The molecule has 3 heteroatoms. The molecule has 0 radical (unpaired) electrons. The van der Waals surface area contributed by atoms with Gasteiger partial charge >= 0.3 is 0 Å². The van der Waals surface area contributed by atoms with Crippen molar-refractivity contribution in [3.05, 3.63) is 30.3 Å². The number of benzene rings is 1. The normalized spacial score (nSPS) is 16.2. The van der Waals surface area contributed by atoms with Gasteiger partial charge in [-0.05, 0) is 27.5 Å². The molecular weight excluding hydrogens is 227 g/mol. The summed E-state index contributed by atoms with van der Waals surface area (Å²) in [5, 5.41) is 1.24. The van der Waals surface area contributed by atoms with Crippen molar-refractivity contribution in [3.8, 4) is 0 Å². The molecule has 1 atom stereocenters. The lowest BCUT2D eigenvalue weighted by molar-refractivity contribution is 1.77. The van der Waals surface area contributed by atoms with E-state index in [4.69, 9.17) is 11.8 Å². The van der Waals surface area contributed by atoms with E-state index in [1.165, 1.54) is 5.30 Å². The van der Waals surface area contributed by atoms with Gasteiger partial charge in [-0.25, -0.2) is 0 Å². The van der Waals surface area contributed by atoms with Crippen LogP contribution in [0.25, 0.3) is 0 Å². The van der Waals surface area contributed by atoms with Crippen molar-refractivity contribution < 1.29 is 0 Å². The van der Waals surface area contributed by atoms with E-state index in [2.05, 4.69) is 34.3 Å². The summed E-state index contributed by atoms with van der Waals surface area (Å²) in [7, 11) is 0. The quantitative estimate of drug-likeness (QED) is 0.674. The third kappa shape index (κ3) is 2.19. The summed E-state index contributed by atoms with van der Waals surface area (Å²) in [5.74, 6) is 0. The smallest absolute Gasteiger partial charge is 0.0412 e. The molecule has 0 saturated carbocycles. The van der Waals surface area contributed by atoms with E-state index in [1.54, 1.807) is 0 Å². The van der Waals surface area contributed by atoms with Crippen molar-refractivity contribution in [1.82, 2.24) is 0 Å². The lowest BCUT2D eigenvalue weighted by Crippen LogP contribution is -1.96. The molecule has 0 aliphatic heterocycles. The summed E-state index contributed by atoms with van der Waals surface area (Å²) in [6.45, 7) is 2.07. The highest BCUT2D eigenvalue weighted by molar-refractivity contribution is 9.44. The van der Waals surface area contributed by atoms with Gasteiger partial charge in [0.1, 0.15) is 0 Å². The molecule has 0 aliphatic carbocycles. The molecule has 1 unspecified atom stereocenters. The minimum absolute atomic E-state index is 1.24. The highest BCUT2D eigenvalue weighted by Crippen LogP contribution is 2.48. The van der Waals surface area contributed by atoms with Crippen molar-refractivity contribution >= 4 is 37.3 Å². The van der Waals surface area contributed by atoms with Gasteiger partial charge in [-0.1, -0.05) is 42.1 Å². The van der Waals surface area contributed by atoms with Crippen LogP contribution in [-0.2, 0) is 11.8 Å². The lowest BCUT2D eigenvalue weighted by Gasteiger charge is -2.06. The van der Waals surface area contributed by atoms with Crippen molar-refractivity contribution in [2.75, 3.05) is 6.66 Å². The number of hydrogen-bond acceptors (Lipinski definition) is 1. The Morgan fingerprint density at radius 3 is 2.10 bits per heavy atom. The summed E-state index contributed by atoms with van der Waals surface area (Å²) in [6, 6.07) is 10.2. The molecule has 0 fully saturated rings. The van der Waals surface area contributed by atoms with E-state index >= 15 is 0 Å². The number of hydrogen-bond donors (Lipinski definition) is 0. The molecule has 0 heterocycles. The number of halogens is 1. The second kappa shape index (κ2) is 3.17. The van der Waals surface area contributed by atoms with Gasteiger partial charge in [0.25, 0.3) is 0 Å². The minimum atomic E-state index is -1.37. The molecule has 0 bridgehead atoms. The summed E-state index contributed by atoms with van der Waals surface area (Å²) < 4.78 is -1.37. The first-order chi connectivity index (χ1) is 4.61. The van der Waals surface area contributed by atoms with Crippen molar-refractivity contribution in [3.63, 3.8) is 0 Å². The molecule has 0 amide bonds. The van der Waals surface area contributed by atoms with Crippen LogP contribution < -0.4 is 5.30 Å².